The van der Waals surface area contributed by atoms with Crippen molar-refractivity contribution in [2.24, 2.45) is 0 Å². The fraction of sp³-hybridized carbons (Fsp3) is 1.00. The molecule has 0 saturated carbocycles. The van der Waals surface area contributed by atoms with Crippen LogP contribution in [0.2, 0.25) is 0 Å². The second-order valence-corrected chi connectivity index (χ2v) is 3.60. The Morgan fingerprint density at radius 3 is 1.62 bits per heavy atom. The van der Waals surface area contributed by atoms with Crippen LogP contribution < -0.4 is 29.6 Å². The Balaban J connectivity index is -0.0000000347. The molecule has 0 fully saturated rings. The molecule has 0 heterocycles. The van der Waals surface area contributed by atoms with E-state index in [2.05, 4.69) is 25.6 Å². The van der Waals surface area contributed by atoms with Crippen LogP contribution >= 0.6 is 20.0 Å². The molecule has 78 valence electrons. The van der Waals surface area contributed by atoms with E-state index < -0.39 is 8.25 Å². The van der Waals surface area contributed by atoms with Gasteiger partial charge in [0.2, 0.25) is 0 Å². The summed E-state index contributed by atoms with van der Waals surface area (Å²) in [6.07, 6.45) is 2.65. The van der Waals surface area contributed by atoms with Gasteiger partial charge in [0.25, 0.3) is 0 Å². The van der Waals surface area contributed by atoms with Gasteiger partial charge in [-0.3, -0.25) is 0 Å². The van der Waals surface area contributed by atoms with Crippen LogP contribution in [0.25, 0.3) is 0 Å². The van der Waals surface area contributed by atoms with Gasteiger partial charge in [-0.15, -0.1) is 9.79 Å². The molecule has 0 amide bonds. The molecule has 0 aromatic heterocycles. The Morgan fingerprint density at radius 2 is 1.46 bits per heavy atom. The first-order valence-corrected chi connectivity index (χ1v) is 5.89. The van der Waals surface area contributed by atoms with Gasteiger partial charge in [0.05, 0.1) is 0 Å². The van der Waals surface area contributed by atoms with Crippen molar-refractivity contribution in [1.82, 2.24) is 0 Å². The number of hydrogen-bond donors (Lipinski definition) is 2. The van der Waals surface area contributed by atoms with Crippen molar-refractivity contribution >= 4 is 20.0 Å². The van der Waals surface area contributed by atoms with E-state index in [1.165, 1.54) is 24.3 Å². The quantitative estimate of drug-likeness (QED) is 0.354. The SMILES string of the molecule is CCCSCCC.O.O=[P+](O)O.[H-].[Na+]. The van der Waals surface area contributed by atoms with Gasteiger partial charge in [-0.2, -0.15) is 11.8 Å². The molecule has 0 aliphatic carbocycles. The van der Waals surface area contributed by atoms with E-state index in [-0.39, 0.29) is 36.5 Å². The van der Waals surface area contributed by atoms with E-state index in [0.717, 1.165) is 0 Å². The van der Waals surface area contributed by atoms with Crippen molar-refractivity contribution in [3.05, 3.63) is 0 Å². The van der Waals surface area contributed by atoms with Gasteiger partial charge in [-0.1, -0.05) is 13.8 Å². The molecule has 0 aliphatic rings. The summed E-state index contributed by atoms with van der Waals surface area (Å²) in [6, 6.07) is 0. The fourth-order valence-electron chi connectivity index (χ4n) is 0.391. The maximum atomic E-state index is 8.70. The molecule has 0 rings (SSSR count). The molecular formula is C6H19NaO4PS+. The maximum absolute atomic E-state index is 8.70. The molecule has 0 aromatic carbocycles. The number of thioether (sulfide) groups is 1. The van der Waals surface area contributed by atoms with Crippen LogP contribution in [-0.4, -0.2) is 26.8 Å². The van der Waals surface area contributed by atoms with Gasteiger partial charge in [-0.25, -0.2) is 0 Å². The zero-order chi connectivity index (χ0) is 9.11. The Labute approximate surface area is 109 Å². The second-order valence-electron chi connectivity index (χ2n) is 1.87. The average molecular weight is 241 g/mol. The summed E-state index contributed by atoms with van der Waals surface area (Å²) in [5, 5.41) is 0. The average Bonchev–Trinajstić information content (AvgIpc) is 1.88. The third kappa shape index (κ3) is 60.2. The summed E-state index contributed by atoms with van der Waals surface area (Å²) in [5.74, 6) is 2.68. The molecular weight excluding hydrogens is 222 g/mol. The molecule has 4 N–H and O–H groups in total. The van der Waals surface area contributed by atoms with Crippen molar-refractivity contribution < 1.29 is 50.8 Å². The summed E-state index contributed by atoms with van der Waals surface area (Å²) in [5.41, 5.74) is 0. The third-order valence-electron chi connectivity index (χ3n) is 0.697. The smallest absolute Gasteiger partial charge is 1.00 e. The Kier molecular flexibility index (Phi) is 42.7. The predicted octanol–water partition coefficient (Wildman–Crippen LogP) is -1.54. The van der Waals surface area contributed by atoms with Crippen LogP contribution in [0.5, 0.6) is 0 Å². The summed E-state index contributed by atoms with van der Waals surface area (Å²) in [6.45, 7) is 4.45. The zero-order valence-corrected chi connectivity index (χ0v) is 12.2. The predicted molar refractivity (Wildman–Crippen MR) is 54.7 cm³/mol. The minimum Gasteiger partial charge on any atom is -1.00 e. The molecule has 0 unspecified atom stereocenters. The Bertz CT molecular complexity index is 93.9. The van der Waals surface area contributed by atoms with Crippen LogP contribution in [0.15, 0.2) is 0 Å². The van der Waals surface area contributed by atoms with Gasteiger partial charge in [0, 0.05) is 4.57 Å². The molecule has 0 saturated heterocycles. The van der Waals surface area contributed by atoms with E-state index in [9.17, 15) is 0 Å². The zero-order valence-electron chi connectivity index (χ0n) is 9.49. The van der Waals surface area contributed by atoms with Crippen molar-refractivity contribution in [1.29, 1.82) is 0 Å². The second kappa shape index (κ2) is 23.3. The molecule has 4 nitrogen and oxygen atoms in total. The van der Waals surface area contributed by atoms with Crippen molar-refractivity contribution in [2.75, 3.05) is 11.5 Å². The molecule has 0 atom stereocenters. The normalized spacial score (nSPS) is 7.08. The number of rotatable bonds is 4. The Morgan fingerprint density at radius 1 is 1.23 bits per heavy atom. The van der Waals surface area contributed by atoms with Crippen LogP contribution in [0.3, 0.4) is 0 Å². The van der Waals surface area contributed by atoms with Crippen LogP contribution in [-0.2, 0) is 4.57 Å². The summed E-state index contributed by atoms with van der Waals surface area (Å²) < 4.78 is 8.70. The van der Waals surface area contributed by atoms with Gasteiger partial charge in [0.15, 0.2) is 0 Å². The van der Waals surface area contributed by atoms with Crippen LogP contribution in [0.1, 0.15) is 28.1 Å². The largest absolute Gasteiger partial charge is 1.00 e. The molecule has 0 spiro atoms. The van der Waals surface area contributed by atoms with E-state index in [0.29, 0.717) is 0 Å². The van der Waals surface area contributed by atoms with E-state index in [1.807, 2.05) is 0 Å². The van der Waals surface area contributed by atoms with E-state index >= 15 is 0 Å². The topological polar surface area (TPSA) is 89.0 Å². The summed E-state index contributed by atoms with van der Waals surface area (Å²) >= 11 is 2.05. The molecule has 7 heteroatoms. The number of hydrogen-bond acceptors (Lipinski definition) is 2. The minimum absolute atomic E-state index is 0. The first kappa shape index (κ1) is 23.9. The van der Waals surface area contributed by atoms with Crippen molar-refractivity contribution in [3.63, 3.8) is 0 Å². The first-order chi connectivity index (χ1) is 5.15. The Hall–Kier alpha value is 1.33. The van der Waals surface area contributed by atoms with Crippen LogP contribution in [0, 0.1) is 0 Å². The molecule has 13 heavy (non-hydrogen) atoms. The molecule has 0 aliphatic heterocycles. The van der Waals surface area contributed by atoms with Gasteiger partial charge in [-0.05, 0) is 24.3 Å². The first-order valence-electron chi connectivity index (χ1n) is 3.57. The fourth-order valence-corrected chi connectivity index (χ4v) is 1.17. The third-order valence-corrected chi connectivity index (χ3v) is 2.09. The van der Waals surface area contributed by atoms with Crippen molar-refractivity contribution in [3.8, 4) is 0 Å². The molecule has 0 bridgehead atoms. The van der Waals surface area contributed by atoms with Gasteiger partial charge < -0.3 is 6.90 Å². The van der Waals surface area contributed by atoms with Crippen molar-refractivity contribution in [2.45, 2.75) is 26.7 Å². The van der Waals surface area contributed by atoms with E-state index in [4.69, 9.17) is 14.4 Å². The summed E-state index contributed by atoms with van der Waals surface area (Å²) in [7, 11) is -2.87. The maximum Gasteiger partial charge on any atom is 1.00 e. The summed E-state index contributed by atoms with van der Waals surface area (Å²) in [4.78, 5) is 14.2. The van der Waals surface area contributed by atoms with Gasteiger partial charge >= 0.3 is 37.8 Å². The van der Waals surface area contributed by atoms with Gasteiger partial charge in [0.1, 0.15) is 0 Å². The standard InChI is InChI=1S/C6H14S.Na.HO3P.H2O.H/c1-3-5-7-6-4-2;;1-4(2)3;;/h3-6H2,1-2H3;;(H-,1,2,3);1H2;/q;+1;;;-1/p+1. The minimum atomic E-state index is -2.87. The molecule has 0 aromatic rings. The van der Waals surface area contributed by atoms with E-state index in [1.54, 1.807) is 0 Å². The molecule has 0 radical (unpaired) electrons. The van der Waals surface area contributed by atoms with Crippen LogP contribution in [0.4, 0.5) is 0 Å². The monoisotopic (exact) mass is 241 g/mol.